The fourth-order valence-electron chi connectivity index (χ4n) is 3.88. The van der Waals surface area contributed by atoms with E-state index in [2.05, 4.69) is 6.92 Å². The third kappa shape index (κ3) is 5.07. The van der Waals surface area contributed by atoms with Gasteiger partial charge in [0.15, 0.2) is 0 Å². The molecule has 2 rings (SSSR count). The van der Waals surface area contributed by atoms with Crippen LogP contribution < -0.4 is 5.73 Å². The maximum atomic E-state index is 6.42. The minimum absolute atomic E-state index is 0.427. The van der Waals surface area contributed by atoms with Gasteiger partial charge in [-0.25, -0.2) is 0 Å². The van der Waals surface area contributed by atoms with E-state index in [1.807, 2.05) is 0 Å². The number of rotatable bonds is 7. The van der Waals surface area contributed by atoms with Crippen LogP contribution in [0.2, 0.25) is 0 Å². The fourth-order valence-corrected chi connectivity index (χ4v) is 3.88. The number of hydrogen-bond donors (Lipinski definition) is 1. The van der Waals surface area contributed by atoms with Crippen molar-refractivity contribution in [1.82, 2.24) is 0 Å². The van der Waals surface area contributed by atoms with Crippen LogP contribution in [0.15, 0.2) is 0 Å². The van der Waals surface area contributed by atoms with Crippen molar-refractivity contribution in [3.63, 3.8) is 0 Å². The molecule has 2 nitrogen and oxygen atoms in total. The van der Waals surface area contributed by atoms with Gasteiger partial charge in [-0.15, -0.1) is 0 Å². The molecule has 2 aliphatic rings. The molecule has 2 fully saturated rings. The van der Waals surface area contributed by atoms with Gasteiger partial charge >= 0.3 is 0 Å². The van der Waals surface area contributed by atoms with E-state index in [0.29, 0.717) is 12.1 Å². The molecule has 0 radical (unpaired) electrons. The normalized spacial score (nSPS) is 33.5. The van der Waals surface area contributed by atoms with Gasteiger partial charge in [0.25, 0.3) is 0 Å². The molecule has 0 aromatic heterocycles. The zero-order chi connectivity index (χ0) is 13.5. The highest BCUT2D eigenvalue weighted by atomic mass is 16.5. The molecule has 19 heavy (non-hydrogen) atoms. The van der Waals surface area contributed by atoms with E-state index >= 15 is 0 Å². The Morgan fingerprint density at radius 1 is 1.11 bits per heavy atom. The van der Waals surface area contributed by atoms with Crippen LogP contribution in [0.5, 0.6) is 0 Å². The number of unbranched alkanes of at least 4 members (excludes halogenated alkanes) is 1. The van der Waals surface area contributed by atoms with Crippen molar-refractivity contribution in [2.45, 2.75) is 89.7 Å². The summed E-state index contributed by atoms with van der Waals surface area (Å²) in [7, 11) is 0. The predicted molar refractivity (Wildman–Crippen MR) is 81.2 cm³/mol. The first kappa shape index (κ1) is 15.3. The summed E-state index contributed by atoms with van der Waals surface area (Å²) in [6.45, 7) is 3.27. The second-order valence-corrected chi connectivity index (χ2v) is 6.80. The van der Waals surface area contributed by atoms with E-state index in [-0.39, 0.29) is 0 Å². The van der Waals surface area contributed by atoms with Crippen molar-refractivity contribution in [3.8, 4) is 0 Å². The van der Waals surface area contributed by atoms with Gasteiger partial charge in [0.2, 0.25) is 0 Å². The first-order valence-electron chi connectivity index (χ1n) is 8.66. The molecule has 0 spiro atoms. The average molecular weight is 267 g/mol. The first-order chi connectivity index (χ1) is 9.29. The Labute approximate surface area is 119 Å². The molecule has 2 unspecified atom stereocenters. The Morgan fingerprint density at radius 2 is 1.89 bits per heavy atom. The Hall–Kier alpha value is -0.0800. The van der Waals surface area contributed by atoms with Crippen LogP contribution in [0.3, 0.4) is 0 Å². The highest BCUT2D eigenvalue weighted by molar-refractivity contribution is 4.81. The molecular formula is C17H33NO. The summed E-state index contributed by atoms with van der Waals surface area (Å²) in [5.74, 6) is 1.79. The van der Waals surface area contributed by atoms with Gasteiger partial charge in [-0.1, -0.05) is 39.0 Å². The smallest absolute Gasteiger partial charge is 0.0576 e. The van der Waals surface area contributed by atoms with Gasteiger partial charge in [-0.3, -0.25) is 0 Å². The predicted octanol–water partition coefficient (Wildman–Crippen LogP) is 4.27. The van der Waals surface area contributed by atoms with Gasteiger partial charge in [0, 0.05) is 12.6 Å². The molecule has 112 valence electrons. The highest BCUT2D eigenvalue weighted by Gasteiger charge is 2.26. The summed E-state index contributed by atoms with van der Waals surface area (Å²) in [5, 5.41) is 0. The second-order valence-electron chi connectivity index (χ2n) is 6.80. The van der Waals surface area contributed by atoms with Crippen LogP contribution in [0, 0.1) is 11.8 Å². The zero-order valence-electron chi connectivity index (χ0n) is 12.8. The SMILES string of the molecule is CCCCC1CCC(C(N)CCC2CCCO2)CC1. The Bertz CT molecular complexity index is 229. The van der Waals surface area contributed by atoms with E-state index in [9.17, 15) is 0 Å². The lowest BCUT2D eigenvalue weighted by molar-refractivity contribution is 0.0969. The summed E-state index contributed by atoms with van der Waals surface area (Å²) in [4.78, 5) is 0. The summed E-state index contributed by atoms with van der Waals surface area (Å²) >= 11 is 0. The van der Waals surface area contributed by atoms with Gasteiger partial charge in [-0.05, 0) is 50.4 Å². The van der Waals surface area contributed by atoms with E-state index < -0.39 is 0 Å². The fraction of sp³-hybridized carbons (Fsp3) is 1.00. The molecule has 0 amide bonds. The maximum Gasteiger partial charge on any atom is 0.0576 e. The monoisotopic (exact) mass is 267 g/mol. The lowest BCUT2D eigenvalue weighted by Gasteiger charge is -2.32. The van der Waals surface area contributed by atoms with Gasteiger partial charge in [0.05, 0.1) is 6.10 Å². The van der Waals surface area contributed by atoms with Crippen molar-refractivity contribution < 1.29 is 4.74 Å². The molecule has 0 aromatic carbocycles. The van der Waals surface area contributed by atoms with E-state index in [4.69, 9.17) is 10.5 Å². The topological polar surface area (TPSA) is 35.2 Å². The van der Waals surface area contributed by atoms with Crippen LogP contribution in [0.1, 0.15) is 77.6 Å². The van der Waals surface area contributed by atoms with E-state index in [1.165, 1.54) is 70.6 Å². The molecule has 0 bridgehead atoms. The van der Waals surface area contributed by atoms with Crippen molar-refractivity contribution in [1.29, 1.82) is 0 Å². The third-order valence-electron chi connectivity index (χ3n) is 5.31. The molecule has 2 atom stereocenters. The number of hydrogen-bond acceptors (Lipinski definition) is 2. The Morgan fingerprint density at radius 3 is 2.53 bits per heavy atom. The minimum Gasteiger partial charge on any atom is -0.378 e. The van der Waals surface area contributed by atoms with Crippen molar-refractivity contribution >= 4 is 0 Å². The molecule has 2 N–H and O–H groups in total. The maximum absolute atomic E-state index is 6.42. The largest absolute Gasteiger partial charge is 0.378 e. The Kier molecular flexibility index (Phi) is 6.66. The first-order valence-corrected chi connectivity index (χ1v) is 8.66. The molecular weight excluding hydrogens is 234 g/mol. The highest BCUT2D eigenvalue weighted by Crippen LogP contribution is 2.34. The van der Waals surface area contributed by atoms with Gasteiger partial charge in [0.1, 0.15) is 0 Å². The van der Waals surface area contributed by atoms with Crippen LogP contribution >= 0.6 is 0 Å². The van der Waals surface area contributed by atoms with Gasteiger partial charge < -0.3 is 10.5 Å². The third-order valence-corrected chi connectivity index (χ3v) is 5.31. The molecule has 1 aliphatic carbocycles. The molecule has 1 heterocycles. The van der Waals surface area contributed by atoms with Crippen LogP contribution in [-0.2, 0) is 4.74 Å². The number of nitrogens with two attached hydrogens (primary N) is 1. The Balaban J connectivity index is 1.60. The summed E-state index contributed by atoms with van der Waals surface area (Å²) in [6, 6.07) is 0.427. The second kappa shape index (κ2) is 8.26. The summed E-state index contributed by atoms with van der Waals surface area (Å²) in [5.41, 5.74) is 6.42. The summed E-state index contributed by atoms with van der Waals surface area (Å²) in [6.07, 6.45) is 15.2. The lowest BCUT2D eigenvalue weighted by atomic mass is 9.76. The van der Waals surface area contributed by atoms with E-state index in [1.54, 1.807) is 0 Å². The van der Waals surface area contributed by atoms with E-state index in [0.717, 1.165) is 18.4 Å². The molecule has 0 aromatic rings. The lowest BCUT2D eigenvalue weighted by Crippen LogP contribution is -2.33. The zero-order valence-corrected chi connectivity index (χ0v) is 12.8. The van der Waals surface area contributed by atoms with Crippen LogP contribution in [-0.4, -0.2) is 18.8 Å². The standard InChI is InChI=1S/C17H33NO/c1-2-3-5-14-7-9-15(10-8-14)17(18)12-11-16-6-4-13-19-16/h14-17H,2-13,18H2,1H3. The molecule has 2 heteroatoms. The molecule has 1 saturated carbocycles. The summed E-state index contributed by atoms with van der Waals surface area (Å²) < 4.78 is 5.70. The van der Waals surface area contributed by atoms with Gasteiger partial charge in [-0.2, -0.15) is 0 Å². The molecule has 1 aliphatic heterocycles. The van der Waals surface area contributed by atoms with Crippen molar-refractivity contribution in [2.75, 3.05) is 6.61 Å². The van der Waals surface area contributed by atoms with Crippen molar-refractivity contribution in [3.05, 3.63) is 0 Å². The number of ether oxygens (including phenoxy) is 1. The quantitative estimate of drug-likeness (QED) is 0.747. The van der Waals surface area contributed by atoms with Crippen LogP contribution in [0.4, 0.5) is 0 Å². The minimum atomic E-state index is 0.427. The molecule has 1 saturated heterocycles. The van der Waals surface area contributed by atoms with Crippen molar-refractivity contribution in [2.24, 2.45) is 17.6 Å². The average Bonchev–Trinajstić information content (AvgIpc) is 2.96. The van der Waals surface area contributed by atoms with Crippen LogP contribution in [0.25, 0.3) is 0 Å².